The van der Waals surface area contributed by atoms with Crippen molar-refractivity contribution in [3.05, 3.63) is 24.3 Å². The van der Waals surface area contributed by atoms with Crippen molar-refractivity contribution in [1.29, 1.82) is 0 Å². The number of benzene rings is 1. The zero-order valence-corrected chi connectivity index (χ0v) is 18.8. The summed E-state index contributed by atoms with van der Waals surface area (Å²) in [4.78, 5) is 31.0. The maximum atomic E-state index is 13.5. The summed E-state index contributed by atoms with van der Waals surface area (Å²) in [5, 5.41) is 9.56. The van der Waals surface area contributed by atoms with Crippen LogP contribution in [0.4, 0.5) is 16.2 Å². The number of ether oxygens (including phenoxy) is 1. The summed E-state index contributed by atoms with van der Waals surface area (Å²) in [5.74, 6) is 0.583. The van der Waals surface area contributed by atoms with Crippen LogP contribution in [0.2, 0.25) is 0 Å². The van der Waals surface area contributed by atoms with Gasteiger partial charge in [-0.2, -0.15) is 0 Å². The fourth-order valence-corrected chi connectivity index (χ4v) is 5.43. The lowest BCUT2D eigenvalue weighted by atomic mass is 9.78. The first-order chi connectivity index (χ1) is 14.9. The van der Waals surface area contributed by atoms with Crippen LogP contribution in [0.1, 0.15) is 46.0 Å². The molecule has 3 heterocycles. The molecule has 1 atom stereocenters. The zero-order valence-electron chi connectivity index (χ0n) is 18.8. The average molecular weight is 430 g/mol. The molecule has 3 fully saturated rings. The number of carbonyl (C=O) groups is 2. The van der Waals surface area contributed by atoms with Gasteiger partial charge in [-0.3, -0.25) is 9.69 Å². The molecule has 0 aromatic heterocycles. The van der Waals surface area contributed by atoms with Crippen molar-refractivity contribution in [3.63, 3.8) is 0 Å². The van der Waals surface area contributed by atoms with Gasteiger partial charge in [-0.05, 0) is 62.3 Å². The first-order valence-electron chi connectivity index (χ1n) is 11.6. The Morgan fingerprint density at radius 2 is 1.90 bits per heavy atom. The minimum absolute atomic E-state index is 0.254. The van der Waals surface area contributed by atoms with E-state index in [1.807, 2.05) is 38.1 Å². The van der Waals surface area contributed by atoms with Gasteiger partial charge in [0.05, 0.1) is 5.41 Å². The fraction of sp³-hybridized carbons (Fsp3) is 0.667. The summed E-state index contributed by atoms with van der Waals surface area (Å²) in [6.45, 7) is 8.55. The molecule has 31 heavy (non-hydrogen) atoms. The standard InChI is InChI=1S/C24H35N3O4/c1-18(2)16-27(23(29)30)20-6-4-19(5-7-20)25-12-3-10-24(17-25)11-13-26(22(24)28)21-8-14-31-15-9-21/h4-7,18,21H,3,8-17H2,1-2H3,(H,29,30)/t24-/m0/s1. The van der Waals surface area contributed by atoms with Crippen LogP contribution in [0.3, 0.4) is 0 Å². The number of anilines is 2. The van der Waals surface area contributed by atoms with E-state index in [9.17, 15) is 14.7 Å². The van der Waals surface area contributed by atoms with Crippen molar-refractivity contribution in [1.82, 2.24) is 4.90 Å². The van der Waals surface area contributed by atoms with Crippen LogP contribution in [0.5, 0.6) is 0 Å². The summed E-state index contributed by atoms with van der Waals surface area (Å²) in [5.41, 5.74) is 1.48. The third-order valence-electron chi connectivity index (χ3n) is 7.06. The average Bonchev–Trinajstić information content (AvgIpc) is 3.08. The molecule has 0 radical (unpaired) electrons. The van der Waals surface area contributed by atoms with Crippen molar-refractivity contribution in [2.45, 2.75) is 52.0 Å². The van der Waals surface area contributed by atoms with Crippen molar-refractivity contribution in [2.75, 3.05) is 49.2 Å². The van der Waals surface area contributed by atoms with Crippen LogP contribution in [-0.2, 0) is 9.53 Å². The van der Waals surface area contributed by atoms with Gasteiger partial charge in [-0.1, -0.05) is 13.8 Å². The highest BCUT2D eigenvalue weighted by molar-refractivity contribution is 5.87. The van der Waals surface area contributed by atoms with Crippen LogP contribution in [0.25, 0.3) is 0 Å². The zero-order chi connectivity index (χ0) is 22.0. The quantitative estimate of drug-likeness (QED) is 0.770. The largest absolute Gasteiger partial charge is 0.465 e. The molecule has 1 aromatic rings. The van der Waals surface area contributed by atoms with Gasteiger partial charge < -0.3 is 19.6 Å². The lowest BCUT2D eigenvalue weighted by Gasteiger charge is -2.41. The van der Waals surface area contributed by atoms with E-state index in [0.29, 0.717) is 24.2 Å². The highest BCUT2D eigenvalue weighted by Crippen LogP contribution is 2.43. The van der Waals surface area contributed by atoms with Gasteiger partial charge in [0, 0.05) is 56.8 Å². The van der Waals surface area contributed by atoms with E-state index in [2.05, 4.69) is 9.80 Å². The van der Waals surface area contributed by atoms with Gasteiger partial charge >= 0.3 is 6.09 Å². The number of rotatable bonds is 5. The van der Waals surface area contributed by atoms with Gasteiger partial charge in [0.1, 0.15) is 0 Å². The third kappa shape index (κ3) is 4.52. The number of likely N-dealkylation sites (tertiary alicyclic amines) is 1. The number of hydrogen-bond donors (Lipinski definition) is 1. The maximum Gasteiger partial charge on any atom is 0.411 e. The highest BCUT2D eigenvalue weighted by Gasteiger charge is 2.50. The lowest BCUT2D eigenvalue weighted by molar-refractivity contribution is -0.139. The van der Waals surface area contributed by atoms with Crippen LogP contribution in [0, 0.1) is 11.3 Å². The number of carbonyl (C=O) groups excluding carboxylic acids is 1. The summed E-state index contributed by atoms with van der Waals surface area (Å²) in [7, 11) is 0. The Morgan fingerprint density at radius 3 is 2.55 bits per heavy atom. The molecule has 170 valence electrons. The number of hydrogen-bond acceptors (Lipinski definition) is 4. The maximum absolute atomic E-state index is 13.5. The Bertz CT molecular complexity index is 791. The minimum Gasteiger partial charge on any atom is -0.465 e. The Hall–Kier alpha value is -2.28. The molecule has 3 aliphatic heterocycles. The molecule has 3 aliphatic rings. The van der Waals surface area contributed by atoms with Crippen LogP contribution < -0.4 is 9.80 Å². The third-order valence-corrected chi connectivity index (χ3v) is 7.06. The molecule has 2 amide bonds. The lowest BCUT2D eigenvalue weighted by Crippen LogP contribution is -2.50. The van der Waals surface area contributed by atoms with E-state index in [1.54, 1.807) is 0 Å². The molecule has 0 saturated carbocycles. The van der Waals surface area contributed by atoms with E-state index in [-0.39, 0.29) is 11.3 Å². The molecule has 7 heteroatoms. The summed E-state index contributed by atoms with van der Waals surface area (Å²) in [6, 6.07) is 8.11. The van der Waals surface area contributed by atoms with Gasteiger partial charge in [-0.15, -0.1) is 0 Å². The molecule has 4 rings (SSSR count). The van der Waals surface area contributed by atoms with E-state index >= 15 is 0 Å². The Morgan fingerprint density at radius 1 is 1.19 bits per heavy atom. The molecular weight excluding hydrogens is 394 g/mol. The molecule has 7 nitrogen and oxygen atoms in total. The SMILES string of the molecule is CC(C)CN(C(=O)O)c1ccc(N2CCC[C@]3(CCN(C4CCOCC4)C3=O)C2)cc1. The molecule has 0 unspecified atom stereocenters. The molecule has 1 N–H and O–H groups in total. The number of nitrogens with zero attached hydrogens (tertiary/aromatic N) is 3. The van der Waals surface area contributed by atoms with Gasteiger partial charge in [0.2, 0.25) is 5.91 Å². The van der Waals surface area contributed by atoms with Crippen molar-refractivity contribution < 1.29 is 19.4 Å². The smallest absolute Gasteiger partial charge is 0.411 e. The Kier molecular flexibility index (Phi) is 6.42. The van der Waals surface area contributed by atoms with Crippen LogP contribution in [-0.4, -0.2) is 67.4 Å². The normalized spacial score (nSPS) is 24.9. The van der Waals surface area contributed by atoms with Crippen LogP contribution in [0.15, 0.2) is 24.3 Å². The molecule has 0 aliphatic carbocycles. The predicted octanol–water partition coefficient (Wildman–Crippen LogP) is 3.82. The summed E-state index contributed by atoms with van der Waals surface area (Å²) < 4.78 is 5.48. The summed E-state index contributed by atoms with van der Waals surface area (Å²) in [6.07, 6.45) is 3.86. The monoisotopic (exact) mass is 429 g/mol. The van der Waals surface area contributed by atoms with Gasteiger partial charge in [0.15, 0.2) is 0 Å². The minimum atomic E-state index is -0.928. The van der Waals surface area contributed by atoms with Gasteiger partial charge in [0.25, 0.3) is 0 Å². The second-order valence-corrected chi connectivity index (χ2v) is 9.70. The first-order valence-corrected chi connectivity index (χ1v) is 11.6. The van der Waals surface area contributed by atoms with E-state index in [0.717, 1.165) is 70.6 Å². The number of piperidine rings is 1. The van der Waals surface area contributed by atoms with Crippen molar-refractivity contribution in [2.24, 2.45) is 11.3 Å². The van der Waals surface area contributed by atoms with Crippen molar-refractivity contribution in [3.8, 4) is 0 Å². The molecule has 0 bridgehead atoms. The van der Waals surface area contributed by atoms with Crippen molar-refractivity contribution >= 4 is 23.4 Å². The molecule has 1 aromatic carbocycles. The van der Waals surface area contributed by atoms with E-state index in [4.69, 9.17) is 4.74 Å². The van der Waals surface area contributed by atoms with E-state index in [1.165, 1.54) is 4.90 Å². The molecule has 3 saturated heterocycles. The topological polar surface area (TPSA) is 73.3 Å². The number of amides is 2. The fourth-order valence-electron chi connectivity index (χ4n) is 5.43. The summed E-state index contributed by atoms with van der Waals surface area (Å²) >= 11 is 0. The van der Waals surface area contributed by atoms with Crippen LogP contribution >= 0.6 is 0 Å². The van der Waals surface area contributed by atoms with E-state index < -0.39 is 6.09 Å². The first kappa shape index (κ1) is 21.9. The van der Waals surface area contributed by atoms with Gasteiger partial charge in [-0.25, -0.2) is 4.79 Å². The molecular formula is C24H35N3O4. The molecule has 1 spiro atoms. The predicted molar refractivity (Wildman–Crippen MR) is 121 cm³/mol. The Balaban J connectivity index is 1.46. The number of carboxylic acid groups (broad SMARTS) is 1. The highest BCUT2D eigenvalue weighted by atomic mass is 16.5. The second-order valence-electron chi connectivity index (χ2n) is 9.70. The Labute approximate surface area is 184 Å². The second kappa shape index (κ2) is 9.07.